The van der Waals surface area contributed by atoms with Crippen LogP contribution in [0, 0.1) is 5.82 Å². The minimum atomic E-state index is -0.312. The van der Waals surface area contributed by atoms with Crippen molar-refractivity contribution in [3.05, 3.63) is 22.4 Å². The number of piperazine rings is 1. The van der Waals surface area contributed by atoms with Crippen LogP contribution in [0.3, 0.4) is 0 Å². The van der Waals surface area contributed by atoms with Gasteiger partial charge in [-0.1, -0.05) is 0 Å². The summed E-state index contributed by atoms with van der Waals surface area (Å²) < 4.78 is 13.8. The van der Waals surface area contributed by atoms with Crippen molar-refractivity contribution in [2.45, 2.75) is 13.0 Å². The maximum atomic E-state index is 13.3. The molecule has 3 nitrogen and oxygen atoms in total. The molecule has 1 saturated heterocycles. The van der Waals surface area contributed by atoms with Crippen molar-refractivity contribution in [2.75, 3.05) is 37.3 Å². The molecule has 1 heterocycles. The zero-order valence-electron chi connectivity index (χ0n) is 10.1. The van der Waals surface area contributed by atoms with E-state index in [9.17, 15) is 4.39 Å². The molecule has 2 rings (SSSR count). The first kappa shape index (κ1) is 12.6. The third kappa shape index (κ3) is 2.55. The predicted octanol–water partition coefficient (Wildman–Crippen LogP) is 2.31. The first-order chi connectivity index (χ1) is 7.99. The second-order valence-corrected chi connectivity index (χ2v) is 5.46. The van der Waals surface area contributed by atoms with Gasteiger partial charge < -0.3 is 15.5 Å². The normalized spacial score (nSPS) is 21.9. The van der Waals surface area contributed by atoms with Crippen molar-refractivity contribution in [1.82, 2.24) is 4.90 Å². The Kier molecular flexibility index (Phi) is 3.58. The predicted molar refractivity (Wildman–Crippen MR) is 72.8 cm³/mol. The van der Waals surface area contributed by atoms with Gasteiger partial charge in [-0.15, -0.1) is 0 Å². The van der Waals surface area contributed by atoms with Crippen LogP contribution in [-0.4, -0.2) is 37.6 Å². The van der Waals surface area contributed by atoms with E-state index in [0.717, 1.165) is 25.3 Å². The lowest BCUT2D eigenvalue weighted by Crippen LogP contribution is -2.50. The Labute approximate surface area is 110 Å². The fraction of sp³-hybridized carbons (Fsp3) is 0.500. The number of halogens is 2. The number of anilines is 2. The molecule has 1 aliphatic heterocycles. The fourth-order valence-electron chi connectivity index (χ4n) is 2.09. The van der Waals surface area contributed by atoms with Crippen LogP contribution in [0.4, 0.5) is 15.8 Å². The summed E-state index contributed by atoms with van der Waals surface area (Å²) in [6, 6.07) is 3.62. The molecule has 1 aromatic rings. The lowest BCUT2D eigenvalue weighted by molar-refractivity contribution is 0.234. The van der Waals surface area contributed by atoms with E-state index in [1.807, 2.05) is 0 Å². The minimum Gasteiger partial charge on any atom is -0.397 e. The van der Waals surface area contributed by atoms with Crippen molar-refractivity contribution in [2.24, 2.45) is 0 Å². The number of nitrogens with zero attached hydrogens (tertiary/aromatic N) is 2. The Balaban J connectivity index is 2.26. The van der Waals surface area contributed by atoms with Crippen LogP contribution in [-0.2, 0) is 0 Å². The van der Waals surface area contributed by atoms with E-state index in [2.05, 4.69) is 39.7 Å². The average Bonchev–Trinajstić information content (AvgIpc) is 2.27. The minimum absolute atomic E-state index is 0.312. The highest BCUT2D eigenvalue weighted by molar-refractivity contribution is 9.10. The molecule has 0 amide bonds. The molecular formula is C12H17BrFN3. The highest BCUT2D eigenvalue weighted by Gasteiger charge is 2.22. The first-order valence-electron chi connectivity index (χ1n) is 5.68. The highest BCUT2D eigenvalue weighted by atomic mass is 79.9. The first-order valence-corrected chi connectivity index (χ1v) is 6.48. The summed E-state index contributed by atoms with van der Waals surface area (Å²) in [5, 5.41) is 0. The van der Waals surface area contributed by atoms with Gasteiger partial charge in [-0.05, 0) is 36.0 Å². The molecule has 1 aliphatic rings. The van der Waals surface area contributed by atoms with Gasteiger partial charge in [0.2, 0.25) is 0 Å². The van der Waals surface area contributed by atoms with E-state index in [0.29, 0.717) is 16.2 Å². The summed E-state index contributed by atoms with van der Waals surface area (Å²) in [6.45, 7) is 5.01. The number of benzene rings is 1. The Morgan fingerprint density at radius 2 is 2.12 bits per heavy atom. The second kappa shape index (κ2) is 4.82. The van der Waals surface area contributed by atoms with Gasteiger partial charge in [0.15, 0.2) is 0 Å². The SMILES string of the molecule is CC1CN(c2cc(Br)c(F)cc2N)CCN1C. The van der Waals surface area contributed by atoms with Crippen molar-refractivity contribution in [3.8, 4) is 0 Å². The third-order valence-corrected chi connectivity index (χ3v) is 3.98. The molecule has 0 radical (unpaired) electrons. The molecule has 1 fully saturated rings. The smallest absolute Gasteiger partial charge is 0.139 e. The van der Waals surface area contributed by atoms with Gasteiger partial charge in [0.05, 0.1) is 15.8 Å². The molecular weight excluding hydrogens is 285 g/mol. The van der Waals surface area contributed by atoms with Crippen LogP contribution in [0.5, 0.6) is 0 Å². The lowest BCUT2D eigenvalue weighted by Gasteiger charge is -2.39. The van der Waals surface area contributed by atoms with E-state index in [-0.39, 0.29) is 5.82 Å². The van der Waals surface area contributed by atoms with E-state index < -0.39 is 0 Å². The summed E-state index contributed by atoms with van der Waals surface area (Å²) >= 11 is 3.21. The maximum absolute atomic E-state index is 13.3. The molecule has 94 valence electrons. The van der Waals surface area contributed by atoms with Crippen molar-refractivity contribution in [1.29, 1.82) is 0 Å². The van der Waals surface area contributed by atoms with Gasteiger partial charge in [0, 0.05) is 31.7 Å². The molecule has 1 unspecified atom stereocenters. The fourth-order valence-corrected chi connectivity index (χ4v) is 2.42. The topological polar surface area (TPSA) is 32.5 Å². The molecule has 0 saturated carbocycles. The summed E-state index contributed by atoms with van der Waals surface area (Å²) in [7, 11) is 2.12. The van der Waals surface area contributed by atoms with Crippen molar-refractivity contribution >= 4 is 27.3 Å². The van der Waals surface area contributed by atoms with Gasteiger partial charge in [-0.25, -0.2) is 4.39 Å². The van der Waals surface area contributed by atoms with Crippen molar-refractivity contribution in [3.63, 3.8) is 0 Å². The summed E-state index contributed by atoms with van der Waals surface area (Å²) in [6.07, 6.45) is 0. The van der Waals surface area contributed by atoms with Crippen LogP contribution < -0.4 is 10.6 Å². The molecule has 0 aliphatic carbocycles. The summed E-state index contributed by atoms with van der Waals surface area (Å²) in [4.78, 5) is 4.52. The monoisotopic (exact) mass is 301 g/mol. The molecule has 1 aromatic carbocycles. The number of hydrogen-bond acceptors (Lipinski definition) is 3. The summed E-state index contributed by atoms with van der Waals surface area (Å²) in [5.74, 6) is -0.312. The van der Waals surface area contributed by atoms with E-state index in [1.165, 1.54) is 6.07 Å². The number of nitrogen functional groups attached to an aromatic ring is 1. The number of hydrogen-bond donors (Lipinski definition) is 1. The third-order valence-electron chi connectivity index (χ3n) is 3.37. The molecule has 1 atom stereocenters. The van der Waals surface area contributed by atoms with Gasteiger partial charge >= 0.3 is 0 Å². The molecule has 5 heteroatoms. The summed E-state index contributed by atoms with van der Waals surface area (Å²) in [5.41, 5.74) is 7.30. The highest BCUT2D eigenvalue weighted by Crippen LogP contribution is 2.30. The van der Waals surface area contributed by atoms with E-state index >= 15 is 0 Å². The number of nitrogens with two attached hydrogens (primary N) is 1. The van der Waals surface area contributed by atoms with Crippen LogP contribution in [0.1, 0.15) is 6.92 Å². The molecule has 0 bridgehead atoms. The van der Waals surface area contributed by atoms with Crippen LogP contribution in [0.25, 0.3) is 0 Å². The van der Waals surface area contributed by atoms with Crippen molar-refractivity contribution < 1.29 is 4.39 Å². The zero-order chi connectivity index (χ0) is 12.6. The van der Waals surface area contributed by atoms with Gasteiger partial charge in [0.25, 0.3) is 0 Å². The number of likely N-dealkylation sites (N-methyl/N-ethyl adjacent to an activating group) is 1. The average molecular weight is 302 g/mol. The van der Waals surface area contributed by atoms with Crippen LogP contribution in [0.2, 0.25) is 0 Å². The molecule has 2 N–H and O–H groups in total. The van der Waals surface area contributed by atoms with E-state index in [4.69, 9.17) is 5.73 Å². The quantitative estimate of drug-likeness (QED) is 0.808. The Hall–Kier alpha value is -0.810. The maximum Gasteiger partial charge on any atom is 0.139 e. The molecule has 0 aromatic heterocycles. The second-order valence-electron chi connectivity index (χ2n) is 4.60. The van der Waals surface area contributed by atoms with Gasteiger partial charge in [0.1, 0.15) is 5.82 Å². The zero-order valence-corrected chi connectivity index (χ0v) is 11.7. The van der Waals surface area contributed by atoms with Gasteiger partial charge in [-0.2, -0.15) is 0 Å². The lowest BCUT2D eigenvalue weighted by atomic mass is 10.1. The Morgan fingerprint density at radius 1 is 1.41 bits per heavy atom. The van der Waals surface area contributed by atoms with Gasteiger partial charge in [-0.3, -0.25) is 0 Å². The van der Waals surface area contributed by atoms with E-state index in [1.54, 1.807) is 6.07 Å². The molecule has 0 spiro atoms. The van der Waals surface area contributed by atoms with Crippen LogP contribution >= 0.6 is 15.9 Å². The van der Waals surface area contributed by atoms with Crippen LogP contribution in [0.15, 0.2) is 16.6 Å². The largest absolute Gasteiger partial charge is 0.397 e. The molecule has 17 heavy (non-hydrogen) atoms. The number of rotatable bonds is 1. The Morgan fingerprint density at radius 3 is 2.76 bits per heavy atom. The standard InChI is InChI=1S/C12H17BrFN3/c1-8-7-17(4-3-16(8)2)12-5-9(13)10(14)6-11(12)15/h5-6,8H,3-4,7,15H2,1-2H3. The Bertz CT molecular complexity index is 424.